The molecule has 0 aliphatic heterocycles. The monoisotopic (exact) mass is 330 g/mol. The zero-order chi connectivity index (χ0) is 16.2. The van der Waals surface area contributed by atoms with Gasteiger partial charge >= 0.3 is 0 Å². The standard InChI is InChI=1S/C15H26N2O2S2/c1-11-7-14(9-16-4)8-15(13(11)3)21(18,19)17(5)12(2)10-20-6/h7-8,12,16H,9-10H2,1-6H3. The highest BCUT2D eigenvalue weighted by atomic mass is 32.2. The van der Waals surface area contributed by atoms with Crippen LogP contribution in [0, 0.1) is 13.8 Å². The van der Waals surface area contributed by atoms with Gasteiger partial charge in [0.05, 0.1) is 4.90 Å². The van der Waals surface area contributed by atoms with E-state index >= 15 is 0 Å². The summed E-state index contributed by atoms with van der Waals surface area (Å²) >= 11 is 1.65. The van der Waals surface area contributed by atoms with Crippen molar-refractivity contribution in [3.05, 3.63) is 28.8 Å². The molecule has 1 aromatic rings. The number of aryl methyl sites for hydroxylation is 1. The van der Waals surface area contributed by atoms with E-state index in [4.69, 9.17) is 0 Å². The van der Waals surface area contributed by atoms with Crippen molar-refractivity contribution in [3.8, 4) is 0 Å². The van der Waals surface area contributed by atoms with Gasteiger partial charge in [0.1, 0.15) is 0 Å². The lowest BCUT2D eigenvalue weighted by atomic mass is 10.1. The highest BCUT2D eigenvalue weighted by Crippen LogP contribution is 2.25. The number of benzene rings is 1. The first-order valence-electron chi connectivity index (χ1n) is 6.97. The number of thioether (sulfide) groups is 1. The summed E-state index contributed by atoms with van der Waals surface area (Å²) in [4.78, 5) is 0.420. The molecule has 1 unspecified atom stereocenters. The van der Waals surface area contributed by atoms with Crippen molar-refractivity contribution in [3.63, 3.8) is 0 Å². The van der Waals surface area contributed by atoms with Gasteiger partial charge in [0, 0.05) is 25.4 Å². The van der Waals surface area contributed by atoms with Crippen LogP contribution in [-0.2, 0) is 16.6 Å². The van der Waals surface area contributed by atoms with Crippen molar-refractivity contribution in [1.29, 1.82) is 0 Å². The molecule has 1 atom stereocenters. The van der Waals surface area contributed by atoms with Crippen LogP contribution in [0.1, 0.15) is 23.6 Å². The van der Waals surface area contributed by atoms with E-state index < -0.39 is 10.0 Å². The molecule has 0 fully saturated rings. The van der Waals surface area contributed by atoms with Crippen LogP contribution >= 0.6 is 11.8 Å². The lowest BCUT2D eigenvalue weighted by molar-refractivity contribution is 0.414. The van der Waals surface area contributed by atoms with Gasteiger partial charge in [-0.15, -0.1) is 0 Å². The van der Waals surface area contributed by atoms with E-state index in [0.717, 1.165) is 22.4 Å². The van der Waals surface area contributed by atoms with Gasteiger partial charge in [0.25, 0.3) is 0 Å². The molecule has 0 aliphatic carbocycles. The van der Waals surface area contributed by atoms with Crippen molar-refractivity contribution in [1.82, 2.24) is 9.62 Å². The third kappa shape index (κ3) is 4.22. The van der Waals surface area contributed by atoms with Gasteiger partial charge in [-0.2, -0.15) is 16.1 Å². The van der Waals surface area contributed by atoms with Gasteiger partial charge in [-0.05, 0) is 56.8 Å². The molecular weight excluding hydrogens is 304 g/mol. The Bertz CT molecular complexity index is 586. The highest BCUT2D eigenvalue weighted by molar-refractivity contribution is 7.98. The minimum atomic E-state index is -3.46. The Balaban J connectivity index is 3.30. The fourth-order valence-corrected chi connectivity index (χ4v) is 4.72. The van der Waals surface area contributed by atoms with E-state index in [-0.39, 0.29) is 6.04 Å². The molecule has 0 saturated carbocycles. The maximum atomic E-state index is 12.9. The Morgan fingerprint density at radius 1 is 1.33 bits per heavy atom. The molecule has 0 spiro atoms. The summed E-state index contributed by atoms with van der Waals surface area (Å²) < 4.78 is 27.2. The predicted molar refractivity (Wildman–Crippen MR) is 91.5 cm³/mol. The largest absolute Gasteiger partial charge is 0.316 e. The summed E-state index contributed by atoms with van der Waals surface area (Å²) in [6.07, 6.45) is 1.99. The fourth-order valence-electron chi connectivity index (χ4n) is 2.21. The van der Waals surface area contributed by atoms with Crippen LogP contribution < -0.4 is 5.32 Å². The van der Waals surface area contributed by atoms with Gasteiger partial charge in [0.15, 0.2) is 0 Å². The quantitative estimate of drug-likeness (QED) is 0.834. The van der Waals surface area contributed by atoms with Crippen LogP contribution in [-0.4, -0.2) is 44.9 Å². The van der Waals surface area contributed by atoms with Crippen molar-refractivity contribution in [2.75, 3.05) is 26.1 Å². The molecule has 4 nitrogen and oxygen atoms in total. The van der Waals surface area contributed by atoms with E-state index in [2.05, 4.69) is 5.32 Å². The third-order valence-electron chi connectivity index (χ3n) is 3.75. The van der Waals surface area contributed by atoms with Crippen molar-refractivity contribution < 1.29 is 8.42 Å². The summed E-state index contributed by atoms with van der Waals surface area (Å²) in [5, 5.41) is 3.07. The van der Waals surface area contributed by atoms with Crippen LogP contribution in [0.2, 0.25) is 0 Å². The first kappa shape index (κ1) is 18.5. The minimum absolute atomic E-state index is 0.0299. The Hall–Kier alpha value is -0.560. The second-order valence-electron chi connectivity index (χ2n) is 5.39. The molecule has 0 saturated heterocycles. The Labute approximate surface area is 133 Å². The summed E-state index contributed by atoms with van der Waals surface area (Å²) in [7, 11) is 0.0574. The van der Waals surface area contributed by atoms with Gasteiger partial charge < -0.3 is 5.32 Å². The normalized spacial score (nSPS) is 13.7. The smallest absolute Gasteiger partial charge is 0.243 e. The third-order valence-corrected chi connectivity index (χ3v) is 6.66. The first-order valence-corrected chi connectivity index (χ1v) is 9.80. The Morgan fingerprint density at radius 2 is 1.95 bits per heavy atom. The summed E-state index contributed by atoms with van der Waals surface area (Å²) in [6, 6.07) is 3.80. The number of hydrogen-bond donors (Lipinski definition) is 1. The molecule has 0 amide bonds. The van der Waals surface area contributed by atoms with E-state index in [0.29, 0.717) is 11.4 Å². The second-order valence-corrected chi connectivity index (χ2v) is 8.27. The van der Waals surface area contributed by atoms with Crippen LogP contribution in [0.15, 0.2) is 17.0 Å². The molecule has 0 radical (unpaired) electrons. The zero-order valence-electron chi connectivity index (χ0n) is 13.7. The second kappa shape index (κ2) is 7.63. The molecule has 1 rings (SSSR count). The average Bonchev–Trinajstić information content (AvgIpc) is 2.42. The zero-order valence-corrected chi connectivity index (χ0v) is 15.4. The van der Waals surface area contributed by atoms with Gasteiger partial charge in [-0.25, -0.2) is 8.42 Å². The van der Waals surface area contributed by atoms with Crippen LogP contribution in [0.5, 0.6) is 0 Å². The molecule has 1 N–H and O–H groups in total. The summed E-state index contributed by atoms with van der Waals surface area (Å²) in [5.74, 6) is 0.782. The van der Waals surface area contributed by atoms with E-state index in [9.17, 15) is 8.42 Å². The van der Waals surface area contributed by atoms with Gasteiger partial charge in [-0.1, -0.05) is 6.07 Å². The van der Waals surface area contributed by atoms with Crippen LogP contribution in [0.4, 0.5) is 0 Å². The maximum Gasteiger partial charge on any atom is 0.243 e. The van der Waals surface area contributed by atoms with Crippen molar-refractivity contribution >= 4 is 21.8 Å². The molecular formula is C15H26N2O2S2. The number of nitrogens with one attached hydrogen (secondary N) is 1. The first-order chi connectivity index (χ1) is 9.75. The number of hydrogen-bond acceptors (Lipinski definition) is 4. The predicted octanol–water partition coefficient (Wildman–Crippen LogP) is 2.39. The molecule has 6 heteroatoms. The molecule has 0 aromatic heterocycles. The summed E-state index contributed by atoms with van der Waals surface area (Å²) in [5.41, 5.74) is 2.83. The van der Waals surface area contributed by atoms with E-state index in [1.54, 1.807) is 24.9 Å². The number of sulfonamides is 1. The minimum Gasteiger partial charge on any atom is -0.316 e. The van der Waals surface area contributed by atoms with E-state index in [1.807, 2.05) is 40.1 Å². The van der Waals surface area contributed by atoms with Crippen LogP contribution in [0.25, 0.3) is 0 Å². The molecule has 21 heavy (non-hydrogen) atoms. The summed E-state index contributed by atoms with van der Waals surface area (Å²) in [6.45, 7) is 6.43. The molecule has 0 bridgehead atoms. The Morgan fingerprint density at radius 3 is 2.48 bits per heavy atom. The fraction of sp³-hybridized carbons (Fsp3) is 0.600. The lowest BCUT2D eigenvalue weighted by Gasteiger charge is -2.25. The average molecular weight is 331 g/mol. The van der Waals surface area contributed by atoms with Crippen molar-refractivity contribution in [2.45, 2.75) is 38.3 Å². The molecule has 1 aromatic carbocycles. The highest BCUT2D eigenvalue weighted by Gasteiger charge is 2.27. The van der Waals surface area contributed by atoms with Gasteiger partial charge in [-0.3, -0.25) is 0 Å². The van der Waals surface area contributed by atoms with Gasteiger partial charge in [0.2, 0.25) is 10.0 Å². The molecule has 0 aliphatic rings. The SMILES string of the molecule is CNCc1cc(C)c(C)c(S(=O)(=O)N(C)C(C)CSC)c1. The topological polar surface area (TPSA) is 49.4 Å². The molecule has 120 valence electrons. The number of rotatable bonds is 7. The lowest BCUT2D eigenvalue weighted by Crippen LogP contribution is -2.37. The number of nitrogens with zero attached hydrogens (tertiary/aromatic N) is 1. The Kier molecular flexibility index (Phi) is 6.71. The van der Waals surface area contributed by atoms with Crippen LogP contribution in [0.3, 0.4) is 0 Å². The molecule has 0 heterocycles. The van der Waals surface area contributed by atoms with Crippen molar-refractivity contribution in [2.24, 2.45) is 0 Å². The maximum absolute atomic E-state index is 12.9. The van der Waals surface area contributed by atoms with E-state index in [1.165, 1.54) is 4.31 Å².